The number of aliphatic hydroxyl groups is 3. The Hall–Kier alpha value is -0.940. The maximum Gasteiger partial charge on any atom is 0.0602 e. The van der Waals surface area contributed by atoms with E-state index >= 15 is 0 Å². The number of fused-ring (bicyclic) bond motifs is 5. The van der Waals surface area contributed by atoms with Crippen molar-refractivity contribution in [1.29, 1.82) is 0 Å². The van der Waals surface area contributed by atoms with Gasteiger partial charge in [0.15, 0.2) is 0 Å². The van der Waals surface area contributed by atoms with Crippen LogP contribution in [0.1, 0.15) is 84.1 Å². The van der Waals surface area contributed by atoms with E-state index in [2.05, 4.69) is 63.1 Å². The number of hydrogen-bond donors (Lipinski definition) is 3. The lowest BCUT2D eigenvalue weighted by molar-refractivity contribution is -0.207. The van der Waals surface area contributed by atoms with E-state index in [1.807, 2.05) is 0 Å². The van der Waals surface area contributed by atoms with Crippen molar-refractivity contribution in [1.82, 2.24) is 4.90 Å². The van der Waals surface area contributed by atoms with Gasteiger partial charge in [0.2, 0.25) is 0 Å². The van der Waals surface area contributed by atoms with Crippen LogP contribution >= 0.6 is 0 Å². The number of nitrogens with zero attached hydrogens (tertiary/aromatic N) is 1. The molecule has 4 unspecified atom stereocenters. The van der Waals surface area contributed by atoms with Crippen molar-refractivity contribution < 1.29 is 15.3 Å². The highest BCUT2D eigenvalue weighted by atomic mass is 16.3. The molecule has 1 aromatic rings. The van der Waals surface area contributed by atoms with Crippen LogP contribution in [0.25, 0.3) is 0 Å². The lowest BCUT2D eigenvalue weighted by Gasteiger charge is -2.63. The fourth-order valence-corrected chi connectivity index (χ4v) is 9.99. The number of rotatable bonds is 7. The molecule has 4 nitrogen and oxygen atoms in total. The van der Waals surface area contributed by atoms with Crippen LogP contribution in [0.4, 0.5) is 0 Å². The second-order valence-electron chi connectivity index (χ2n) is 13.9. The van der Waals surface area contributed by atoms with E-state index in [4.69, 9.17) is 0 Å². The van der Waals surface area contributed by atoms with Crippen LogP contribution < -0.4 is 0 Å². The summed E-state index contributed by atoms with van der Waals surface area (Å²) in [5.74, 6) is 2.61. The summed E-state index contributed by atoms with van der Waals surface area (Å²) in [5.41, 5.74) is 1.43. The molecule has 0 heterocycles. The van der Waals surface area contributed by atoms with Gasteiger partial charge in [-0.05, 0) is 123 Å². The van der Waals surface area contributed by atoms with Crippen molar-refractivity contribution in [2.45, 2.75) is 103 Å². The lowest BCUT2D eigenvalue weighted by Crippen LogP contribution is -2.62. The Kier molecular flexibility index (Phi) is 7.64. The predicted molar refractivity (Wildman–Crippen MR) is 145 cm³/mol. The van der Waals surface area contributed by atoms with Gasteiger partial charge in [-0.3, -0.25) is 0 Å². The molecular formula is C32H51NO3. The van der Waals surface area contributed by atoms with E-state index < -0.39 is 0 Å². The maximum atomic E-state index is 11.8. The van der Waals surface area contributed by atoms with Crippen molar-refractivity contribution in [2.24, 2.45) is 46.3 Å². The Bertz CT molecular complexity index is 877. The summed E-state index contributed by atoms with van der Waals surface area (Å²) in [6.07, 6.45) is 8.37. The summed E-state index contributed by atoms with van der Waals surface area (Å²) < 4.78 is 0. The molecule has 202 valence electrons. The van der Waals surface area contributed by atoms with Crippen LogP contribution in [0.2, 0.25) is 0 Å². The van der Waals surface area contributed by atoms with Gasteiger partial charge in [0.25, 0.3) is 0 Å². The van der Waals surface area contributed by atoms with E-state index in [9.17, 15) is 15.3 Å². The molecule has 0 aliphatic heterocycles. The Morgan fingerprint density at radius 3 is 2.47 bits per heavy atom. The molecule has 5 rings (SSSR count). The van der Waals surface area contributed by atoms with Crippen LogP contribution in [-0.2, 0) is 6.54 Å². The molecule has 0 saturated heterocycles. The summed E-state index contributed by atoms with van der Waals surface area (Å²) in [7, 11) is 2.22. The first kappa shape index (κ1) is 26.7. The third-order valence-corrected chi connectivity index (χ3v) is 12.0. The molecule has 0 amide bonds. The zero-order chi connectivity index (χ0) is 25.7. The molecule has 0 bridgehead atoms. The van der Waals surface area contributed by atoms with Crippen LogP contribution in [-0.4, -0.2) is 52.1 Å². The van der Waals surface area contributed by atoms with Gasteiger partial charge in [-0.1, -0.05) is 51.1 Å². The summed E-state index contributed by atoms with van der Waals surface area (Å²) in [4.78, 5) is 2.43. The zero-order valence-electron chi connectivity index (χ0n) is 23.1. The fraction of sp³-hybridized carbons (Fsp3) is 0.812. The SMILES string of the molecule is C[C@H](CCCN(C)Cc1ccccc1)C1CC[C@H]2C3C(O)CC4C[C@H](O)CC[C@]4(C)[C@H]3C[C@H](O)[C@]12C. The topological polar surface area (TPSA) is 63.9 Å². The third kappa shape index (κ3) is 4.59. The van der Waals surface area contributed by atoms with Gasteiger partial charge >= 0.3 is 0 Å². The molecular weight excluding hydrogens is 446 g/mol. The van der Waals surface area contributed by atoms with Crippen LogP contribution in [0.15, 0.2) is 30.3 Å². The fourth-order valence-electron chi connectivity index (χ4n) is 9.99. The monoisotopic (exact) mass is 497 g/mol. The highest BCUT2D eigenvalue weighted by Gasteiger charge is 2.65. The smallest absolute Gasteiger partial charge is 0.0602 e. The average molecular weight is 498 g/mol. The molecule has 0 spiro atoms. The van der Waals surface area contributed by atoms with Crippen molar-refractivity contribution in [3.63, 3.8) is 0 Å². The minimum absolute atomic E-state index is 0.0884. The van der Waals surface area contributed by atoms with Gasteiger partial charge in [-0.15, -0.1) is 0 Å². The summed E-state index contributed by atoms with van der Waals surface area (Å²) in [6.45, 7) is 9.31. The van der Waals surface area contributed by atoms with Gasteiger partial charge in [0, 0.05) is 6.54 Å². The van der Waals surface area contributed by atoms with E-state index in [1.165, 1.54) is 24.8 Å². The second-order valence-corrected chi connectivity index (χ2v) is 13.9. The number of aliphatic hydroxyl groups excluding tert-OH is 3. The van der Waals surface area contributed by atoms with Crippen LogP contribution in [0.3, 0.4) is 0 Å². The van der Waals surface area contributed by atoms with Crippen LogP contribution in [0.5, 0.6) is 0 Å². The highest BCUT2D eigenvalue weighted by Crippen LogP contribution is 2.68. The number of hydrogen-bond acceptors (Lipinski definition) is 4. The molecule has 1 aromatic carbocycles. The molecule has 3 N–H and O–H groups in total. The van der Waals surface area contributed by atoms with E-state index in [0.29, 0.717) is 35.5 Å². The van der Waals surface area contributed by atoms with Crippen LogP contribution in [0, 0.1) is 46.3 Å². The van der Waals surface area contributed by atoms with Gasteiger partial charge in [-0.25, -0.2) is 0 Å². The molecule has 4 heteroatoms. The summed E-state index contributed by atoms with van der Waals surface area (Å²) in [6, 6.07) is 10.7. The highest BCUT2D eigenvalue weighted by molar-refractivity contribution is 5.15. The minimum atomic E-state index is -0.283. The van der Waals surface area contributed by atoms with E-state index in [-0.39, 0.29) is 29.1 Å². The molecule has 4 aliphatic carbocycles. The second kappa shape index (κ2) is 10.3. The van der Waals surface area contributed by atoms with Gasteiger partial charge < -0.3 is 20.2 Å². The van der Waals surface area contributed by atoms with Gasteiger partial charge in [-0.2, -0.15) is 0 Å². The summed E-state index contributed by atoms with van der Waals surface area (Å²) in [5, 5.41) is 33.6. The summed E-state index contributed by atoms with van der Waals surface area (Å²) >= 11 is 0. The molecule has 11 atom stereocenters. The Morgan fingerprint density at radius 1 is 0.972 bits per heavy atom. The molecule has 4 saturated carbocycles. The largest absolute Gasteiger partial charge is 0.393 e. The van der Waals surface area contributed by atoms with Gasteiger partial charge in [0.05, 0.1) is 18.3 Å². The average Bonchev–Trinajstić information content (AvgIpc) is 3.20. The maximum absolute atomic E-state index is 11.8. The van der Waals surface area contributed by atoms with Crippen molar-refractivity contribution >= 4 is 0 Å². The predicted octanol–water partition coefficient (Wildman–Crippen LogP) is 5.50. The number of benzene rings is 1. The zero-order valence-corrected chi connectivity index (χ0v) is 23.1. The first-order valence-corrected chi connectivity index (χ1v) is 14.9. The van der Waals surface area contributed by atoms with Crippen molar-refractivity contribution in [2.75, 3.05) is 13.6 Å². The lowest BCUT2D eigenvalue weighted by atomic mass is 9.43. The first-order chi connectivity index (χ1) is 17.1. The Balaban J connectivity index is 1.24. The first-order valence-electron chi connectivity index (χ1n) is 14.9. The van der Waals surface area contributed by atoms with Gasteiger partial charge in [0.1, 0.15) is 0 Å². The molecule has 36 heavy (non-hydrogen) atoms. The standard InChI is InChI=1S/C32H51NO3/c1-21(9-8-16-33(4)20-22-10-6-5-7-11-22)25-12-13-26-30-27(19-29(36)32(25,26)3)31(2)15-14-24(34)17-23(31)18-28(30)35/h5-7,10-11,21,23-30,34-36H,8-9,12-20H2,1-4H3/t21-,23?,24-,25?,26+,27+,28?,29+,30?,31+,32-/m1/s1. The third-order valence-electron chi connectivity index (χ3n) is 12.0. The molecule has 4 aliphatic rings. The van der Waals surface area contributed by atoms with E-state index in [0.717, 1.165) is 51.6 Å². The Morgan fingerprint density at radius 2 is 1.72 bits per heavy atom. The Labute approximate surface area is 219 Å². The normalized spacial score (nSPS) is 45.1. The molecule has 4 fully saturated rings. The molecule has 0 aromatic heterocycles. The quantitative estimate of drug-likeness (QED) is 0.466. The van der Waals surface area contributed by atoms with Crippen molar-refractivity contribution in [3.8, 4) is 0 Å². The minimum Gasteiger partial charge on any atom is -0.393 e. The molecule has 0 radical (unpaired) electrons. The van der Waals surface area contributed by atoms with E-state index in [1.54, 1.807) is 0 Å². The van der Waals surface area contributed by atoms with Crippen molar-refractivity contribution in [3.05, 3.63) is 35.9 Å².